The molecule has 4 aromatic rings. The number of nitrogens with zero attached hydrogens (tertiary/aromatic N) is 6. The van der Waals surface area contributed by atoms with Crippen LogP contribution in [0.1, 0.15) is 10.4 Å². The molecule has 0 spiro atoms. The first-order valence-corrected chi connectivity index (χ1v) is 10.9. The van der Waals surface area contributed by atoms with E-state index in [9.17, 15) is 4.79 Å². The molecular weight excluding hydrogens is 413 g/mol. The highest BCUT2D eigenvalue weighted by Crippen LogP contribution is 2.24. The number of carbonyl (C=O) groups excluding carboxylic acids is 1. The van der Waals surface area contributed by atoms with Crippen molar-refractivity contribution in [2.45, 2.75) is 0 Å². The van der Waals surface area contributed by atoms with Gasteiger partial charge in [-0.2, -0.15) is 5.10 Å². The van der Waals surface area contributed by atoms with Crippen LogP contribution in [0.4, 0.5) is 11.6 Å². The van der Waals surface area contributed by atoms with E-state index in [-0.39, 0.29) is 5.91 Å². The molecule has 1 aliphatic heterocycles. The van der Waals surface area contributed by atoms with E-state index in [1.54, 1.807) is 16.9 Å². The van der Waals surface area contributed by atoms with Gasteiger partial charge < -0.3 is 15.1 Å². The molecule has 9 heteroatoms. The molecule has 1 N–H and O–H groups in total. The number of hydrogen-bond donors (Lipinski definition) is 1. The van der Waals surface area contributed by atoms with Crippen molar-refractivity contribution in [3.8, 4) is 11.1 Å². The molecule has 3 aromatic heterocycles. The van der Waals surface area contributed by atoms with Crippen molar-refractivity contribution in [2.24, 2.45) is 7.05 Å². The van der Waals surface area contributed by atoms with Crippen LogP contribution in [-0.2, 0) is 7.05 Å². The summed E-state index contributed by atoms with van der Waals surface area (Å²) in [6.07, 6.45) is 5.44. The van der Waals surface area contributed by atoms with Gasteiger partial charge in [0.2, 0.25) is 0 Å². The number of piperazine rings is 1. The second-order valence-corrected chi connectivity index (χ2v) is 8.38. The number of aryl methyl sites for hydroxylation is 1. The van der Waals surface area contributed by atoms with E-state index in [4.69, 9.17) is 7.85 Å². The van der Waals surface area contributed by atoms with Crippen LogP contribution < -0.4 is 15.8 Å². The number of likely N-dealkylation sites (N-methyl/N-ethyl adjacent to an activating group) is 1. The van der Waals surface area contributed by atoms with Gasteiger partial charge in [-0.25, -0.2) is 9.97 Å². The monoisotopic (exact) mass is 437 g/mol. The fourth-order valence-electron chi connectivity index (χ4n) is 4.06. The maximum absolute atomic E-state index is 13.0. The van der Waals surface area contributed by atoms with Crippen molar-refractivity contribution >= 4 is 41.8 Å². The van der Waals surface area contributed by atoms with Gasteiger partial charge in [-0.05, 0) is 53.2 Å². The van der Waals surface area contributed by atoms with Crippen molar-refractivity contribution in [1.29, 1.82) is 0 Å². The van der Waals surface area contributed by atoms with E-state index in [0.717, 1.165) is 53.9 Å². The topological polar surface area (TPSA) is 79.2 Å². The van der Waals surface area contributed by atoms with Crippen molar-refractivity contribution in [2.75, 3.05) is 43.4 Å². The summed E-state index contributed by atoms with van der Waals surface area (Å²) >= 11 is 0. The van der Waals surface area contributed by atoms with Crippen LogP contribution in [0.15, 0.2) is 55.0 Å². The Morgan fingerprint density at radius 2 is 1.85 bits per heavy atom. The maximum Gasteiger partial charge on any atom is 0.257 e. The highest BCUT2D eigenvalue weighted by molar-refractivity contribution is 6.37. The molecule has 8 nitrogen and oxygen atoms in total. The first-order valence-electron chi connectivity index (χ1n) is 10.9. The smallest absolute Gasteiger partial charge is 0.257 e. The Hall–Kier alpha value is -3.72. The molecule has 2 radical (unpaired) electrons. The molecule has 5 rings (SSSR count). The average molecular weight is 437 g/mol. The van der Waals surface area contributed by atoms with Crippen LogP contribution in [0.3, 0.4) is 0 Å². The lowest BCUT2D eigenvalue weighted by Crippen LogP contribution is -2.44. The largest absolute Gasteiger partial charge is 0.354 e. The lowest BCUT2D eigenvalue weighted by molar-refractivity contribution is 0.102. The minimum absolute atomic E-state index is 0.248. The maximum atomic E-state index is 13.0. The number of benzene rings is 1. The van der Waals surface area contributed by atoms with Gasteiger partial charge >= 0.3 is 0 Å². The Balaban J connectivity index is 1.39. The third kappa shape index (κ3) is 4.45. The van der Waals surface area contributed by atoms with E-state index in [2.05, 4.69) is 37.2 Å². The zero-order valence-corrected chi connectivity index (χ0v) is 18.7. The molecule has 164 valence electrons. The molecule has 33 heavy (non-hydrogen) atoms. The van der Waals surface area contributed by atoms with Gasteiger partial charge in [0.15, 0.2) is 0 Å². The molecule has 0 atom stereocenters. The molecule has 1 fully saturated rings. The second-order valence-electron chi connectivity index (χ2n) is 8.38. The van der Waals surface area contributed by atoms with Gasteiger partial charge in [0.1, 0.15) is 19.5 Å². The summed E-state index contributed by atoms with van der Waals surface area (Å²) in [5, 5.41) is 8.86. The van der Waals surface area contributed by atoms with E-state index in [1.807, 2.05) is 49.8 Å². The average Bonchev–Trinajstić information content (AvgIpc) is 3.25. The number of anilines is 2. The highest BCUT2D eigenvalue weighted by atomic mass is 16.1. The lowest BCUT2D eigenvalue weighted by Gasteiger charge is -2.33. The Morgan fingerprint density at radius 1 is 1.03 bits per heavy atom. The van der Waals surface area contributed by atoms with Crippen LogP contribution in [-0.4, -0.2) is 71.6 Å². The van der Waals surface area contributed by atoms with Crippen LogP contribution in [0.25, 0.3) is 21.9 Å². The van der Waals surface area contributed by atoms with Crippen LogP contribution >= 0.6 is 0 Å². The zero-order valence-electron chi connectivity index (χ0n) is 18.7. The van der Waals surface area contributed by atoms with Crippen molar-refractivity contribution < 1.29 is 4.79 Å². The predicted molar refractivity (Wildman–Crippen MR) is 131 cm³/mol. The molecular formula is C24H24BN7O. The van der Waals surface area contributed by atoms with Crippen molar-refractivity contribution in [1.82, 2.24) is 24.6 Å². The predicted octanol–water partition coefficient (Wildman–Crippen LogP) is 1.83. The number of nitrogens with one attached hydrogen (secondary N) is 1. The summed E-state index contributed by atoms with van der Waals surface area (Å²) in [5.41, 5.74) is 2.93. The quantitative estimate of drug-likeness (QED) is 0.491. The third-order valence-corrected chi connectivity index (χ3v) is 5.98. The van der Waals surface area contributed by atoms with Crippen LogP contribution in [0, 0.1) is 0 Å². The summed E-state index contributed by atoms with van der Waals surface area (Å²) in [7, 11) is 10.2. The standard InChI is InChI=1S/C24H24BN7O/c1-30-7-9-32(10-8-30)22-13-17(5-6-26-22)24(33)29-21-12-18-11-16(19-14-27-31(2)15-19)3-4-20(18)23(25)28-21/h3-6,11-15H,7-10H2,1-2H3,(H,28,29,33). The summed E-state index contributed by atoms with van der Waals surface area (Å²) in [6, 6.07) is 11.3. The van der Waals surface area contributed by atoms with Gasteiger partial charge in [-0.3, -0.25) is 9.48 Å². The Kier molecular flexibility index (Phi) is 5.56. The molecule has 1 aliphatic rings. The fraction of sp³-hybridized carbons (Fsp3) is 0.250. The van der Waals surface area contributed by atoms with Crippen molar-refractivity contribution in [3.05, 3.63) is 60.6 Å². The second kappa shape index (κ2) is 8.67. The van der Waals surface area contributed by atoms with Gasteiger partial charge in [0.25, 0.3) is 5.91 Å². The molecule has 1 amide bonds. The summed E-state index contributed by atoms with van der Waals surface area (Å²) in [6.45, 7) is 3.71. The van der Waals surface area contributed by atoms with Gasteiger partial charge in [0.05, 0.1) is 6.20 Å². The minimum Gasteiger partial charge on any atom is -0.354 e. The molecule has 4 heterocycles. The Labute approximate surface area is 193 Å². The van der Waals surface area contributed by atoms with Gasteiger partial charge in [-0.15, -0.1) is 0 Å². The van der Waals surface area contributed by atoms with Gasteiger partial charge in [-0.1, -0.05) is 12.1 Å². The van der Waals surface area contributed by atoms with E-state index >= 15 is 0 Å². The normalized spacial score (nSPS) is 14.5. The summed E-state index contributed by atoms with van der Waals surface area (Å²) in [5.74, 6) is 0.969. The molecule has 1 aromatic carbocycles. The van der Waals surface area contributed by atoms with E-state index < -0.39 is 0 Å². The SMILES string of the molecule is [B]c1nc(NC(=O)c2ccnc(N3CCN(C)CC3)c2)cc2cc(-c3cnn(C)c3)ccc12. The highest BCUT2D eigenvalue weighted by Gasteiger charge is 2.17. The number of carbonyl (C=O) groups is 1. The van der Waals surface area contributed by atoms with Gasteiger partial charge in [0, 0.05) is 56.7 Å². The number of fused-ring (bicyclic) bond motifs is 1. The fourth-order valence-corrected chi connectivity index (χ4v) is 4.06. The molecule has 1 saturated heterocycles. The Morgan fingerprint density at radius 3 is 2.61 bits per heavy atom. The van der Waals surface area contributed by atoms with E-state index in [1.165, 1.54) is 0 Å². The first-order chi connectivity index (χ1) is 16.0. The number of hydrogen-bond acceptors (Lipinski definition) is 6. The third-order valence-electron chi connectivity index (χ3n) is 5.98. The van der Waals surface area contributed by atoms with E-state index in [0.29, 0.717) is 17.0 Å². The number of pyridine rings is 2. The summed E-state index contributed by atoms with van der Waals surface area (Å²) < 4.78 is 1.76. The lowest BCUT2D eigenvalue weighted by atomic mass is 9.94. The van der Waals surface area contributed by atoms with Crippen molar-refractivity contribution in [3.63, 3.8) is 0 Å². The number of amides is 1. The van der Waals surface area contributed by atoms with Crippen LogP contribution in [0.2, 0.25) is 0 Å². The van der Waals surface area contributed by atoms with Crippen LogP contribution in [0.5, 0.6) is 0 Å². The number of aromatic nitrogens is 4. The molecule has 0 saturated carbocycles. The summed E-state index contributed by atoms with van der Waals surface area (Å²) in [4.78, 5) is 26.3. The molecule has 0 bridgehead atoms. The zero-order chi connectivity index (χ0) is 22.9. The first kappa shape index (κ1) is 21.1. The Bertz CT molecular complexity index is 1330. The number of rotatable bonds is 4. The molecule has 0 unspecified atom stereocenters. The minimum atomic E-state index is -0.248. The molecule has 0 aliphatic carbocycles.